The second-order valence-corrected chi connectivity index (χ2v) is 4.14. The van der Waals surface area contributed by atoms with E-state index in [1.54, 1.807) is 0 Å². The van der Waals surface area contributed by atoms with E-state index in [9.17, 15) is 18.0 Å². The van der Waals surface area contributed by atoms with Crippen molar-refractivity contribution in [3.8, 4) is 11.1 Å². The van der Waals surface area contributed by atoms with Crippen molar-refractivity contribution in [2.75, 3.05) is 5.73 Å². The number of nitrogens with zero attached hydrogens (tertiary/aromatic N) is 1. The summed E-state index contributed by atoms with van der Waals surface area (Å²) in [4.78, 5) is 11.4. The average Bonchev–Trinajstić information content (AvgIpc) is 2.34. The van der Waals surface area contributed by atoms with Crippen LogP contribution >= 0.6 is 0 Å². The Morgan fingerprint density at radius 3 is 2.42 bits per heavy atom. The number of hydrogen-bond acceptors (Lipinski definition) is 2. The number of benzene rings is 1. The van der Waals surface area contributed by atoms with E-state index in [2.05, 4.69) is 0 Å². The van der Waals surface area contributed by atoms with Gasteiger partial charge in [0.1, 0.15) is 0 Å². The minimum absolute atomic E-state index is 0.00250. The van der Waals surface area contributed by atoms with Gasteiger partial charge in [-0.15, -0.1) is 0 Å². The van der Waals surface area contributed by atoms with Gasteiger partial charge in [0.05, 0.1) is 11.3 Å². The number of pyridine rings is 1. The number of nitrogen functional groups attached to an aromatic ring is 1. The van der Waals surface area contributed by atoms with E-state index < -0.39 is 17.3 Å². The van der Waals surface area contributed by atoms with E-state index >= 15 is 0 Å². The maximum atomic E-state index is 12.9. The van der Waals surface area contributed by atoms with Crippen molar-refractivity contribution in [3.05, 3.63) is 52.4 Å². The Bertz CT molecular complexity index is 648. The number of aryl methyl sites for hydroxylation is 1. The Labute approximate surface area is 107 Å². The van der Waals surface area contributed by atoms with Gasteiger partial charge in [-0.05, 0) is 17.7 Å². The predicted octanol–water partition coefficient (Wildman–Crippen LogP) is 2.65. The smallest absolute Gasteiger partial charge is 0.394 e. The van der Waals surface area contributed by atoms with Crippen molar-refractivity contribution in [1.82, 2.24) is 4.57 Å². The Balaban J connectivity index is 2.70. The normalized spacial score (nSPS) is 11.6. The van der Waals surface area contributed by atoms with Crippen LogP contribution in [0.3, 0.4) is 0 Å². The first kappa shape index (κ1) is 13.2. The number of halogens is 3. The van der Waals surface area contributed by atoms with Crippen molar-refractivity contribution < 1.29 is 13.2 Å². The molecule has 0 aliphatic heterocycles. The average molecular weight is 268 g/mol. The summed E-state index contributed by atoms with van der Waals surface area (Å²) in [5, 5.41) is 0. The molecule has 0 saturated heterocycles. The first-order valence-electron chi connectivity index (χ1n) is 5.43. The number of nitrogens with two attached hydrogens (primary N) is 1. The van der Waals surface area contributed by atoms with Crippen molar-refractivity contribution in [2.24, 2.45) is 7.05 Å². The quantitative estimate of drug-likeness (QED) is 0.864. The first-order chi connectivity index (χ1) is 8.80. The van der Waals surface area contributed by atoms with Gasteiger partial charge >= 0.3 is 6.18 Å². The highest BCUT2D eigenvalue weighted by atomic mass is 19.4. The fourth-order valence-corrected chi connectivity index (χ4v) is 1.87. The van der Waals surface area contributed by atoms with Crippen LogP contribution in [0.15, 0.2) is 41.3 Å². The largest absolute Gasteiger partial charge is 0.417 e. The Morgan fingerprint density at radius 2 is 1.84 bits per heavy atom. The second kappa shape index (κ2) is 4.46. The van der Waals surface area contributed by atoms with Crippen LogP contribution in [0.25, 0.3) is 11.1 Å². The van der Waals surface area contributed by atoms with Gasteiger partial charge in [-0.2, -0.15) is 13.2 Å². The van der Waals surface area contributed by atoms with Gasteiger partial charge in [0, 0.05) is 18.8 Å². The molecule has 0 aliphatic rings. The van der Waals surface area contributed by atoms with Gasteiger partial charge in [-0.3, -0.25) is 4.79 Å². The highest BCUT2D eigenvalue weighted by Gasteiger charge is 2.33. The number of aromatic nitrogens is 1. The zero-order valence-electron chi connectivity index (χ0n) is 10.0. The topological polar surface area (TPSA) is 48.0 Å². The molecule has 0 amide bonds. The summed E-state index contributed by atoms with van der Waals surface area (Å²) < 4.78 is 39.9. The van der Waals surface area contributed by atoms with Crippen LogP contribution in [0.1, 0.15) is 5.56 Å². The fourth-order valence-electron chi connectivity index (χ4n) is 1.87. The zero-order valence-corrected chi connectivity index (χ0v) is 10.0. The maximum absolute atomic E-state index is 12.9. The Hall–Kier alpha value is -2.24. The standard InChI is InChI=1S/C13H11F3N2O/c1-18-7-8(6-11(17)12(18)19)9-4-2-3-5-10(9)13(14,15)16/h2-7H,17H2,1H3. The number of rotatable bonds is 1. The van der Waals surface area contributed by atoms with Crippen molar-refractivity contribution in [1.29, 1.82) is 0 Å². The zero-order chi connectivity index (χ0) is 14.2. The predicted molar refractivity (Wildman–Crippen MR) is 66.5 cm³/mol. The molecule has 2 rings (SSSR count). The molecular formula is C13H11F3N2O. The van der Waals surface area contributed by atoms with Crippen molar-refractivity contribution in [3.63, 3.8) is 0 Å². The number of hydrogen-bond donors (Lipinski definition) is 1. The Kier molecular flexibility index (Phi) is 3.09. The van der Waals surface area contributed by atoms with Crippen LogP contribution in [0, 0.1) is 0 Å². The van der Waals surface area contributed by atoms with Gasteiger partial charge in [0.2, 0.25) is 0 Å². The first-order valence-corrected chi connectivity index (χ1v) is 5.43. The van der Waals surface area contributed by atoms with Crippen LogP contribution in [0.5, 0.6) is 0 Å². The van der Waals surface area contributed by atoms with E-state index in [1.165, 1.54) is 37.5 Å². The van der Waals surface area contributed by atoms with Gasteiger partial charge in [-0.25, -0.2) is 0 Å². The summed E-state index contributed by atoms with van der Waals surface area (Å²) in [5.74, 6) is 0. The molecule has 0 radical (unpaired) electrons. The van der Waals surface area contributed by atoms with Crippen molar-refractivity contribution >= 4 is 5.69 Å². The summed E-state index contributed by atoms with van der Waals surface area (Å²) in [7, 11) is 1.44. The lowest BCUT2D eigenvalue weighted by molar-refractivity contribution is -0.137. The fraction of sp³-hybridized carbons (Fsp3) is 0.154. The molecule has 0 saturated carbocycles. The third-order valence-corrected chi connectivity index (χ3v) is 2.75. The molecule has 2 aromatic rings. The number of anilines is 1. The molecule has 1 heterocycles. The molecular weight excluding hydrogens is 257 g/mol. The molecule has 19 heavy (non-hydrogen) atoms. The third-order valence-electron chi connectivity index (χ3n) is 2.75. The lowest BCUT2D eigenvalue weighted by Gasteiger charge is -2.13. The molecule has 100 valence electrons. The highest BCUT2D eigenvalue weighted by molar-refractivity contribution is 5.70. The summed E-state index contributed by atoms with van der Waals surface area (Å²) >= 11 is 0. The number of alkyl halides is 3. The van der Waals surface area contributed by atoms with E-state index in [-0.39, 0.29) is 16.8 Å². The maximum Gasteiger partial charge on any atom is 0.417 e. The van der Waals surface area contributed by atoms with Gasteiger partial charge in [0.25, 0.3) is 5.56 Å². The molecule has 1 aromatic carbocycles. The highest BCUT2D eigenvalue weighted by Crippen LogP contribution is 2.36. The lowest BCUT2D eigenvalue weighted by Crippen LogP contribution is -2.19. The summed E-state index contributed by atoms with van der Waals surface area (Å²) in [6.07, 6.45) is -3.12. The minimum Gasteiger partial charge on any atom is -0.394 e. The molecule has 0 spiro atoms. The van der Waals surface area contributed by atoms with Gasteiger partial charge in [-0.1, -0.05) is 18.2 Å². The van der Waals surface area contributed by atoms with E-state index in [0.717, 1.165) is 10.6 Å². The summed E-state index contributed by atoms with van der Waals surface area (Å²) in [5.41, 5.74) is 4.48. The SMILES string of the molecule is Cn1cc(-c2ccccc2C(F)(F)F)cc(N)c1=O. The molecule has 0 bridgehead atoms. The van der Waals surface area contributed by atoms with E-state index in [0.29, 0.717) is 0 Å². The monoisotopic (exact) mass is 268 g/mol. The van der Waals surface area contributed by atoms with Crippen LogP contribution in [0.2, 0.25) is 0 Å². The molecule has 3 nitrogen and oxygen atoms in total. The van der Waals surface area contributed by atoms with Crippen molar-refractivity contribution in [2.45, 2.75) is 6.18 Å². The Morgan fingerprint density at radius 1 is 1.21 bits per heavy atom. The lowest BCUT2D eigenvalue weighted by atomic mass is 10.0. The van der Waals surface area contributed by atoms with Crippen LogP contribution in [0.4, 0.5) is 18.9 Å². The molecule has 2 N–H and O–H groups in total. The summed E-state index contributed by atoms with van der Waals surface area (Å²) in [6, 6.07) is 6.43. The molecule has 0 unspecified atom stereocenters. The van der Waals surface area contributed by atoms with Crippen LogP contribution in [-0.4, -0.2) is 4.57 Å². The molecule has 0 fully saturated rings. The van der Waals surface area contributed by atoms with E-state index in [1.807, 2.05) is 0 Å². The van der Waals surface area contributed by atoms with Gasteiger partial charge in [0.15, 0.2) is 0 Å². The van der Waals surface area contributed by atoms with E-state index in [4.69, 9.17) is 5.73 Å². The molecule has 0 atom stereocenters. The second-order valence-electron chi connectivity index (χ2n) is 4.14. The molecule has 6 heteroatoms. The van der Waals surface area contributed by atoms with Crippen LogP contribution in [-0.2, 0) is 13.2 Å². The molecule has 1 aromatic heterocycles. The summed E-state index contributed by atoms with van der Waals surface area (Å²) in [6.45, 7) is 0. The van der Waals surface area contributed by atoms with Gasteiger partial charge < -0.3 is 10.3 Å². The molecule has 0 aliphatic carbocycles. The van der Waals surface area contributed by atoms with Crippen LogP contribution < -0.4 is 11.3 Å². The minimum atomic E-state index is -4.46. The third kappa shape index (κ3) is 2.47.